The number of ether oxygens (including phenoxy) is 1. The van der Waals surface area contributed by atoms with Crippen molar-refractivity contribution in [1.82, 2.24) is 4.90 Å². The number of rotatable bonds is 3. The molecule has 1 atom stereocenters. The molecule has 124 valence electrons. The van der Waals surface area contributed by atoms with Crippen LogP contribution in [0, 0.1) is 5.92 Å². The van der Waals surface area contributed by atoms with Gasteiger partial charge in [-0.2, -0.15) is 0 Å². The van der Waals surface area contributed by atoms with Gasteiger partial charge in [-0.15, -0.1) is 0 Å². The Morgan fingerprint density at radius 3 is 2.61 bits per heavy atom. The standard InChI is InChI=1S/C18H24N2O3/c1-23-16-8-6-7-15(12-16)20-13-14(11-17(20)21)18(22)19-9-4-2-3-5-10-19/h6-8,12,14H,2-5,9-11,13H2,1H3/t14-/m1/s1. The lowest BCUT2D eigenvalue weighted by Gasteiger charge is -2.24. The van der Waals surface area contributed by atoms with Gasteiger partial charge in [0, 0.05) is 37.8 Å². The van der Waals surface area contributed by atoms with Crippen molar-refractivity contribution >= 4 is 17.5 Å². The second-order valence-corrected chi connectivity index (χ2v) is 6.35. The molecular weight excluding hydrogens is 292 g/mol. The molecule has 0 unspecified atom stereocenters. The maximum Gasteiger partial charge on any atom is 0.228 e. The predicted molar refractivity (Wildman–Crippen MR) is 88.5 cm³/mol. The fraction of sp³-hybridized carbons (Fsp3) is 0.556. The molecule has 2 fully saturated rings. The third-order valence-corrected chi connectivity index (χ3v) is 4.76. The van der Waals surface area contributed by atoms with Crippen molar-refractivity contribution in [3.63, 3.8) is 0 Å². The highest BCUT2D eigenvalue weighted by atomic mass is 16.5. The molecule has 2 aliphatic heterocycles. The van der Waals surface area contributed by atoms with Crippen LogP contribution in [-0.2, 0) is 9.59 Å². The van der Waals surface area contributed by atoms with E-state index in [1.807, 2.05) is 29.2 Å². The zero-order valence-corrected chi connectivity index (χ0v) is 13.7. The van der Waals surface area contributed by atoms with E-state index in [0.717, 1.165) is 37.4 Å². The Morgan fingerprint density at radius 1 is 1.17 bits per heavy atom. The van der Waals surface area contributed by atoms with Gasteiger partial charge in [0.2, 0.25) is 11.8 Å². The maximum atomic E-state index is 12.7. The number of hydrogen-bond donors (Lipinski definition) is 0. The van der Waals surface area contributed by atoms with Crippen LogP contribution >= 0.6 is 0 Å². The second-order valence-electron chi connectivity index (χ2n) is 6.35. The number of benzene rings is 1. The van der Waals surface area contributed by atoms with E-state index in [4.69, 9.17) is 4.74 Å². The summed E-state index contributed by atoms with van der Waals surface area (Å²) in [4.78, 5) is 28.7. The van der Waals surface area contributed by atoms with Gasteiger partial charge in [0.15, 0.2) is 0 Å². The minimum atomic E-state index is -0.216. The zero-order valence-electron chi connectivity index (χ0n) is 13.7. The SMILES string of the molecule is COc1cccc(N2C[C@H](C(=O)N3CCCCCC3)CC2=O)c1. The first kappa shape index (κ1) is 15.8. The van der Waals surface area contributed by atoms with Gasteiger partial charge in [-0.25, -0.2) is 0 Å². The molecule has 5 heteroatoms. The molecular formula is C18H24N2O3. The first-order valence-electron chi connectivity index (χ1n) is 8.42. The number of nitrogens with zero attached hydrogens (tertiary/aromatic N) is 2. The van der Waals surface area contributed by atoms with Gasteiger partial charge >= 0.3 is 0 Å². The van der Waals surface area contributed by atoms with E-state index >= 15 is 0 Å². The fourth-order valence-corrected chi connectivity index (χ4v) is 3.45. The number of anilines is 1. The number of methoxy groups -OCH3 is 1. The first-order chi connectivity index (χ1) is 11.2. The van der Waals surface area contributed by atoms with Crippen LogP contribution < -0.4 is 9.64 Å². The van der Waals surface area contributed by atoms with E-state index in [-0.39, 0.29) is 17.7 Å². The molecule has 0 radical (unpaired) electrons. The van der Waals surface area contributed by atoms with Crippen LogP contribution in [0.4, 0.5) is 5.69 Å². The van der Waals surface area contributed by atoms with E-state index in [1.165, 1.54) is 12.8 Å². The Bertz CT molecular complexity index is 579. The largest absolute Gasteiger partial charge is 0.497 e. The first-order valence-corrected chi connectivity index (χ1v) is 8.42. The molecule has 0 spiro atoms. The number of carbonyl (C=O) groups is 2. The number of hydrogen-bond acceptors (Lipinski definition) is 3. The third kappa shape index (κ3) is 3.49. The summed E-state index contributed by atoms with van der Waals surface area (Å²) in [5.41, 5.74) is 0.806. The Labute approximate surface area is 137 Å². The van der Waals surface area contributed by atoms with Crippen molar-refractivity contribution < 1.29 is 14.3 Å². The molecule has 0 N–H and O–H groups in total. The lowest BCUT2D eigenvalue weighted by Crippen LogP contribution is -2.38. The van der Waals surface area contributed by atoms with Crippen LogP contribution in [-0.4, -0.2) is 43.5 Å². The highest BCUT2D eigenvalue weighted by Gasteiger charge is 2.37. The predicted octanol–water partition coefficient (Wildman–Crippen LogP) is 2.45. The Hall–Kier alpha value is -2.04. The number of carbonyl (C=O) groups excluding carboxylic acids is 2. The van der Waals surface area contributed by atoms with E-state index in [0.29, 0.717) is 13.0 Å². The summed E-state index contributed by atoms with van der Waals surface area (Å²) >= 11 is 0. The highest BCUT2D eigenvalue weighted by molar-refractivity contribution is 6.00. The topological polar surface area (TPSA) is 49.9 Å². The summed E-state index contributed by atoms with van der Waals surface area (Å²) in [6, 6.07) is 7.45. The van der Waals surface area contributed by atoms with Crippen LogP contribution in [0.15, 0.2) is 24.3 Å². The average molecular weight is 316 g/mol. The van der Waals surface area contributed by atoms with Gasteiger partial charge in [0.05, 0.1) is 13.0 Å². The van der Waals surface area contributed by atoms with Crippen LogP contribution in [0.3, 0.4) is 0 Å². The molecule has 0 saturated carbocycles. The average Bonchev–Trinajstić information content (AvgIpc) is 2.79. The van der Waals surface area contributed by atoms with Crippen LogP contribution in [0.1, 0.15) is 32.1 Å². The van der Waals surface area contributed by atoms with E-state index in [1.54, 1.807) is 12.0 Å². The van der Waals surface area contributed by atoms with Gasteiger partial charge in [0.1, 0.15) is 5.75 Å². The molecule has 0 aliphatic carbocycles. The third-order valence-electron chi connectivity index (χ3n) is 4.76. The van der Waals surface area contributed by atoms with Crippen LogP contribution in [0.2, 0.25) is 0 Å². The van der Waals surface area contributed by atoms with E-state index in [9.17, 15) is 9.59 Å². The Balaban J connectivity index is 1.70. The molecule has 2 aliphatic rings. The summed E-state index contributed by atoms with van der Waals surface area (Å²) in [6.07, 6.45) is 4.86. The minimum absolute atomic E-state index is 0.0198. The second kappa shape index (κ2) is 7.02. The molecule has 3 rings (SSSR count). The van der Waals surface area contributed by atoms with Crippen molar-refractivity contribution in [2.45, 2.75) is 32.1 Å². The highest BCUT2D eigenvalue weighted by Crippen LogP contribution is 2.29. The maximum absolute atomic E-state index is 12.7. The number of amides is 2. The van der Waals surface area contributed by atoms with Crippen molar-refractivity contribution in [2.24, 2.45) is 5.92 Å². The molecule has 5 nitrogen and oxygen atoms in total. The van der Waals surface area contributed by atoms with Crippen molar-refractivity contribution in [3.8, 4) is 5.75 Å². The smallest absolute Gasteiger partial charge is 0.228 e. The summed E-state index contributed by atoms with van der Waals surface area (Å²) in [5, 5.41) is 0. The van der Waals surface area contributed by atoms with Gasteiger partial charge < -0.3 is 14.5 Å². The molecule has 2 saturated heterocycles. The van der Waals surface area contributed by atoms with Gasteiger partial charge in [-0.3, -0.25) is 9.59 Å². The summed E-state index contributed by atoms with van der Waals surface area (Å²) in [7, 11) is 1.61. The minimum Gasteiger partial charge on any atom is -0.497 e. The van der Waals surface area contributed by atoms with E-state index < -0.39 is 0 Å². The van der Waals surface area contributed by atoms with Crippen LogP contribution in [0.25, 0.3) is 0 Å². The van der Waals surface area contributed by atoms with E-state index in [2.05, 4.69) is 0 Å². The lowest BCUT2D eigenvalue weighted by molar-refractivity contribution is -0.135. The van der Waals surface area contributed by atoms with Gasteiger partial charge in [-0.05, 0) is 25.0 Å². The Kier molecular flexibility index (Phi) is 4.84. The van der Waals surface area contributed by atoms with Crippen molar-refractivity contribution in [2.75, 3.05) is 31.6 Å². The lowest BCUT2D eigenvalue weighted by atomic mass is 10.1. The quantitative estimate of drug-likeness (QED) is 0.860. The summed E-state index contributed by atoms with van der Waals surface area (Å²) in [5.74, 6) is 0.668. The fourth-order valence-electron chi connectivity index (χ4n) is 3.45. The number of likely N-dealkylation sites (tertiary alicyclic amines) is 1. The monoisotopic (exact) mass is 316 g/mol. The van der Waals surface area contributed by atoms with Gasteiger partial charge in [-0.1, -0.05) is 18.9 Å². The van der Waals surface area contributed by atoms with Crippen LogP contribution in [0.5, 0.6) is 5.75 Å². The molecule has 1 aromatic rings. The summed E-state index contributed by atoms with van der Waals surface area (Å²) in [6.45, 7) is 2.15. The molecule has 0 aromatic heterocycles. The molecule has 2 heterocycles. The van der Waals surface area contributed by atoms with Gasteiger partial charge in [0.25, 0.3) is 0 Å². The van der Waals surface area contributed by atoms with Crippen molar-refractivity contribution in [1.29, 1.82) is 0 Å². The Morgan fingerprint density at radius 2 is 1.91 bits per heavy atom. The molecule has 2 amide bonds. The zero-order chi connectivity index (χ0) is 16.2. The molecule has 0 bridgehead atoms. The summed E-state index contributed by atoms with van der Waals surface area (Å²) < 4.78 is 5.22. The molecule has 1 aromatic carbocycles. The van der Waals surface area contributed by atoms with Crippen molar-refractivity contribution in [3.05, 3.63) is 24.3 Å². The molecule has 23 heavy (non-hydrogen) atoms. The normalized spacial score (nSPS) is 22.1.